The van der Waals surface area contributed by atoms with Crippen molar-refractivity contribution in [3.05, 3.63) is 50.9 Å². The fourth-order valence-corrected chi connectivity index (χ4v) is 2.34. The lowest BCUT2D eigenvalue weighted by atomic mass is 10.2. The smallest absolute Gasteiger partial charge is 0.344 e. The van der Waals surface area contributed by atoms with Crippen LogP contribution in [0.3, 0.4) is 0 Å². The van der Waals surface area contributed by atoms with E-state index in [0.29, 0.717) is 22.9 Å². The normalized spacial score (nSPS) is 11.4. The summed E-state index contributed by atoms with van der Waals surface area (Å²) < 4.78 is 15.3. The van der Waals surface area contributed by atoms with Gasteiger partial charge in [-0.2, -0.15) is 0 Å². The highest BCUT2D eigenvalue weighted by Gasteiger charge is 2.22. The largest absolute Gasteiger partial charge is 0.493 e. The minimum absolute atomic E-state index is 0.105. The Morgan fingerprint density at radius 2 is 1.85 bits per heavy atom. The van der Waals surface area contributed by atoms with Gasteiger partial charge in [0.25, 0.3) is 5.91 Å². The molecule has 0 aliphatic rings. The Bertz CT molecular complexity index is 925. The van der Waals surface area contributed by atoms with Crippen LogP contribution in [-0.2, 0) is 9.53 Å². The van der Waals surface area contributed by atoms with Gasteiger partial charge in [0.15, 0.2) is 17.6 Å². The molecule has 0 radical (unpaired) electrons. The zero-order chi connectivity index (χ0) is 20.1. The first kappa shape index (κ1) is 20.3. The van der Waals surface area contributed by atoms with Crippen LogP contribution in [0.2, 0.25) is 5.02 Å². The van der Waals surface area contributed by atoms with E-state index in [1.165, 1.54) is 27.3 Å². The van der Waals surface area contributed by atoms with Gasteiger partial charge in [-0.1, -0.05) is 11.6 Å². The van der Waals surface area contributed by atoms with E-state index in [4.69, 9.17) is 25.8 Å². The first-order valence-electron chi connectivity index (χ1n) is 7.90. The SMILES string of the molecule is COc1ccc(NC(=O)[C@@H](C)OC(=O)c2c[nH]c(C)c(Cl)c2=O)cc1OC. The quantitative estimate of drug-likeness (QED) is 0.729. The molecule has 0 bridgehead atoms. The first-order chi connectivity index (χ1) is 12.8. The van der Waals surface area contributed by atoms with Gasteiger partial charge < -0.3 is 24.5 Å². The predicted octanol–water partition coefficient (Wildman–Crippen LogP) is 2.54. The number of rotatable bonds is 6. The molecule has 0 aliphatic carbocycles. The molecule has 0 spiro atoms. The molecule has 0 saturated heterocycles. The predicted molar refractivity (Wildman–Crippen MR) is 99.9 cm³/mol. The number of anilines is 1. The van der Waals surface area contributed by atoms with E-state index in [2.05, 4.69) is 10.3 Å². The Hall–Kier alpha value is -3.00. The van der Waals surface area contributed by atoms with Crippen LogP contribution in [0.15, 0.2) is 29.2 Å². The first-order valence-corrected chi connectivity index (χ1v) is 8.28. The molecule has 0 aliphatic heterocycles. The number of aromatic amines is 1. The summed E-state index contributed by atoms with van der Waals surface area (Å²) in [6.07, 6.45) is 0.0512. The van der Waals surface area contributed by atoms with Crippen LogP contribution in [0.5, 0.6) is 11.5 Å². The van der Waals surface area contributed by atoms with Crippen molar-refractivity contribution in [3.8, 4) is 11.5 Å². The fraction of sp³-hybridized carbons (Fsp3) is 0.278. The number of ether oxygens (including phenoxy) is 3. The lowest BCUT2D eigenvalue weighted by molar-refractivity contribution is -0.123. The molecule has 2 aromatic rings. The van der Waals surface area contributed by atoms with Gasteiger partial charge in [-0.25, -0.2) is 4.79 Å². The number of carbonyl (C=O) groups is 2. The molecular formula is C18H19ClN2O6. The molecule has 2 rings (SSSR count). The van der Waals surface area contributed by atoms with E-state index < -0.39 is 23.4 Å². The molecular weight excluding hydrogens is 376 g/mol. The zero-order valence-corrected chi connectivity index (χ0v) is 16.0. The van der Waals surface area contributed by atoms with Crippen LogP contribution >= 0.6 is 11.6 Å². The summed E-state index contributed by atoms with van der Waals surface area (Å²) in [5.74, 6) is -0.593. The van der Waals surface area contributed by atoms with Crippen LogP contribution in [0, 0.1) is 6.92 Å². The number of pyridine rings is 1. The van der Waals surface area contributed by atoms with Crippen molar-refractivity contribution in [2.45, 2.75) is 20.0 Å². The highest BCUT2D eigenvalue weighted by molar-refractivity contribution is 6.31. The highest BCUT2D eigenvalue weighted by atomic mass is 35.5. The lowest BCUT2D eigenvalue weighted by Gasteiger charge is -2.15. The van der Waals surface area contributed by atoms with Crippen LogP contribution < -0.4 is 20.2 Å². The Balaban J connectivity index is 2.09. The molecule has 9 heteroatoms. The Morgan fingerprint density at radius 3 is 2.48 bits per heavy atom. The number of benzene rings is 1. The van der Waals surface area contributed by atoms with Crippen molar-refractivity contribution < 1.29 is 23.8 Å². The molecule has 0 fully saturated rings. The lowest BCUT2D eigenvalue weighted by Crippen LogP contribution is -2.31. The van der Waals surface area contributed by atoms with Crippen molar-refractivity contribution in [1.29, 1.82) is 0 Å². The topological polar surface area (TPSA) is 107 Å². The number of hydrogen-bond donors (Lipinski definition) is 2. The van der Waals surface area contributed by atoms with Gasteiger partial charge >= 0.3 is 5.97 Å². The second kappa shape index (κ2) is 8.59. The number of H-pyrrole nitrogens is 1. The van der Waals surface area contributed by atoms with E-state index in [1.807, 2.05) is 0 Å². The minimum Gasteiger partial charge on any atom is -0.493 e. The standard InChI is InChI=1S/C18H19ClN2O6/c1-9-15(19)16(22)12(8-20-9)18(24)27-10(2)17(23)21-11-5-6-13(25-3)14(7-11)26-4/h5-8,10H,1-4H3,(H,20,22)(H,21,23)/t10-/m1/s1. The maximum atomic E-state index is 12.3. The number of methoxy groups -OCH3 is 2. The maximum absolute atomic E-state index is 12.3. The molecule has 1 atom stereocenters. The summed E-state index contributed by atoms with van der Waals surface area (Å²) in [5, 5.41) is 2.49. The third-order valence-electron chi connectivity index (χ3n) is 3.73. The van der Waals surface area contributed by atoms with Gasteiger partial charge in [0.05, 0.1) is 14.2 Å². The fourth-order valence-electron chi connectivity index (χ4n) is 2.18. The van der Waals surface area contributed by atoms with Gasteiger partial charge in [0, 0.05) is 23.6 Å². The number of hydrogen-bond acceptors (Lipinski definition) is 6. The molecule has 1 amide bonds. The molecule has 1 aromatic carbocycles. The number of esters is 1. The van der Waals surface area contributed by atoms with Gasteiger partial charge in [0.2, 0.25) is 5.43 Å². The molecule has 1 heterocycles. The van der Waals surface area contributed by atoms with Gasteiger partial charge in [-0.15, -0.1) is 0 Å². The highest BCUT2D eigenvalue weighted by Crippen LogP contribution is 2.29. The molecule has 8 nitrogen and oxygen atoms in total. The number of aromatic nitrogens is 1. The van der Waals surface area contributed by atoms with Crippen LogP contribution in [-0.4, -0.2) is 37.2 Å². The minimum atomic E-state index is -1.15. The summed E-state index contributed by atoms with van der Waals surface area (Å²) in [7, 11) is 2.97. The van der Waals surface area contributed by atoms with Crippen LogP contribution in [0.4, 0.5) is 5.69 Å². The average Bonchev–Trinajstić information content (AvgIpc) is 2.65. The molecule has 0 saturated carbocycles. The Labute approximate surface area is 160 Å². The van der Waals surface area contributed by atoms with Gasteiger partial charge in [-0.05, 0) is 26.0 Å². The Kier molecular flexibility index (Phi) is 6.46. The summed E-state index contributed by atoms with van der Waals surface area (Å²) in [5.41, 5.74) is -0.0870. The number of amides is 1. The third-order valence-corrected chi connectivity index (χ3v) is 4.19. The van der Waals surface area contributed by atoms with Gasteiger partial charge in [0.1, 0.15) is 10.6 Å². The molecule has 1 aromatic heterocycles. The Morgan fingerprint density at radius 1 is 1.19 bits per heavy atom. The monoisotopic (exact) mass is 394 g/mol. The molecule has 0 unspecified atom stereocenters. The summed E-state index contributed by atoms with van der Waals surface area (Å²) >= 11 is 5.83. The van der Waals surface area contributed by atoms with E-state index in [9.17, 15) is 14.4 Å². The van der Waals surface area contributed by atoms with E-state index >= 15 is 0 Å². The van der Waals surface area contributed by atoms with E-state index in [1.54, 1.807) is 25.1 Å². The van der Waals surface area contributed by atoms with E-state index in [0.717, 1.165) is 0 Å². The second-order valence-corrected chi connectivity index (χ2v) is 5.95. The van der Waals surface area contributed by atoms with Crippen molar-refractivity contribution >= 4 is 29.2 Å². The van der Waals surface area contributed by atoms with Gasteiger partial charge in [-0.3, -0.25) is 9.59 Å². The summed E-state index contributed by atoms with van der Waals surface area (Å²) in [6.45, 7) is 2.98. The molecule has 2 N–H and O–H groups in total. The van der Waals surface area contributed by atoms with Crippen LogP contribution in [0.25, 0.3) is 0 Å². The van der Waals surface area contributed by atoms with E-state index in [-0.39, 0.29) is 10.6 Å². The second-order valence-electron chi connectivity index (χ2n) is 5.58. The molecule has 144 valence electrons. The average molecular weight is 395 g/mol. The number of carbonyl (C=O) groups excluding carboxylic acids is 2. The molecule has 27 heavy (non-hydrogen) atoms. The van der Waals surface area contributed by atoms with Crippen molar-refractivity contribution in [1.82, 2.24) is 4.98 Å². The van der Waals surface area contributed by atoms with Crippen molar-refractivity contribution in [2.24, 2.45) is 0 Å². The van der Waals surface area contributed by atoms with Crippen LogP contribution in [0.1, 0.15) is 23.0 Å². The summed E-state index contributed by atoms with van der Waals surface area (Å²) in [6, 6.07) is 4.80. The summed E-state index contributed by atoms with van der Waals surface area (Å²) in [4.78, 5) is 39.2. The number of halogens is 1. The third kappa shape index (κ3) is 4.59. The number of aryl methyl sites for hydroxylation is 1. The maximum Gasteiger partial charge on any atom is 0.344 e. The number of nitrogens with one attached hydrogen (secondary N) is 2. The van der Waals surface area contributed by atoms with Crippen molar-refractivity contribution in [2.75, 3.05) is 19.5 Å². The zero-order valence-electron chi connectivity index (χ0n) is 15.2. The van der Waals surface area contributed by atoms with Crippen molar-refractivity contribution in [3.63, 3.8) is 0 Å².